The van der Waals surface area contributed by atoms with Crippen molar-refractivity contribution >= 4 is 39.8 Å². The molecule has 2 amide bonds. The number of carbonyl (C=O) groups excluding carboxylic acids is 3. The van der Waals surface area contributed by atoms with Crippen LogP contribution in [-0.2, 0) is 14.3 Å². The fourth-order valence-electron chi connectivity index (χ4n) is 3.16. The zero-order chi connectivity index (χ0) is 23.3. The molecule has 10 heteroatoms. The number of hydrogen-bond acceptors (Lipinski definition) is 8. The first-order chi connectivity index (χ1) is 15.3. The Labute approximate surface area is 189 Å². The summed E-state index contributed by atoms with van der Waals surface area (Å²) in [5.74, 6) is -0.419. The lowest BCUT2D eigenvalue weighted by Gasteiger charge is -2.24. The van der Waals surface area contributed by atoms with Crippen LogP contribution < -0.4 is 19.7 Å². The molecule has 0 radical (unpaired) electrons. The normalized spacial score (nSPS) is 11.9. The number of thiophene rings is 1. The number of benzene rings is 1. The van der Waals surface area contributed by atoms with E-state index in [1.165, 1.54) is 23.2 Å². The van der Waals surface area contributed by atoms with E-state index in [1.807, 2.05) is 13.0 Å². The lowest BCUT2D eigenvalue weighted by atomic mass is 10.1. The molecule has 2 heterocycles. The Morgan fingerprint density at radius 2 is 1.94 bits per heavy atom. The molecule has 1 aromatic heterocycles. The summed E-state index contributed by atoms with van der Waals surface area (Å²) < 4.78 is 16.4. The third-order valence-electron chi connectivity index (χ3n) is 4.79. The van der Waals surface area contributed by atoms with Crippen LogP contribution in [0, 0.1) is 25.2 Å². The number of hydrogen-bond donors (Lipinski definition) is 1. The molecule has 1 N–H and O–H groups in total. The molecule has 0 unspecified atom stereocenters. The Hall–Kier alpha value is -3.58. The van der Waals surface area contributed by atoms with Crippen molar-refractivity contribution in [3.8, 4) is 17.6 Å². The Morgan fingerprint density at radius 1 is 1.22 bits per heavy atom. The van der Waals surface area contributed by atoms with Crippen molar-refractivity contribution in [3.05, 3.63) is 34.2 Å². The molecule has 0 atom stereocenters. The van der Waals surface area contributed by atoms with E-state index in [9.17, 15) is 14.4 Å². The standard InChI is InChI=1S/C22H23N3O6S/c1-13-14(2)32-21(24-15(3)26)20(13)22(28)31-12-19(27)25(8-4-7-23)16-5-6-17-18(11-16)30-10-9-29-17/h5-6,11H,4,8-10,12H2,1-3H3,(H,24,26). The van der Waals surface area contributed by atoms with Gasteiger partial charge in [-0.05, 0) is 31.5 Å². The van der Waals surface area contributed by atoms with Gasteiger partial charge in [-0.3, -0.25) is 9.59 Å². The van der Waals surface area contributed by atoms with Crippen molar-refractivity contribution in [2.45, 2.75) is 27.2 Å². The van der Waals surface area contributed by atoms with Gasteiger partial charge in [-0.25, -0.2) is 4.79 Å². The van der Waals surface area contributed by atoms with Crippen LogP contribution in [0.3, 0.4) is 0 Å². The number of fused-ring (bicyclic) bond motifs is 1. The summed E-state index contributed by atoms with van der Waals surface area (Å²) in [6.45, 7) is 5.39. The molecule has 2 aromatic rings. The molecule has 1 aromatic carbocycles. The molecular weight excluding hydrogens is 434 g/mol. The van der Waals surface area contributed by atoms with Gasteiger partial charge in [0.1, 0.15) is 18.2 Å². The molecule has 32 heavy (non-hydrogen) atoms. The third kappa shape index (κ3) is 5.18. The average molecular weight is 458 g/mol. The molecule has 1 aliphatic heterocycles. The van der Waals surface area contributed by atoms with Gasteiger partial charge in [0.25, 0.3) is 5.91 Å². The molecule has 3 rings (SSSR count). The van der Waals surface area contributed by atoms with Crippen LogP contribution >= 0.6 is 11.3 Å². The van der Waals surface area contributed by atoms with Gasteiger partial charge in [0.05, 0.1) is 18.1 Å². The number of anilines is 2. The highest BCUT2D eigenvalue weighted by Gasteiger charge is 2.25. The van der Waals surface area contributed by atoms with Gasteiger partial charge in [0.15, 0.2) is 18.1 Å². The van der Waals surface area contributed by atoms with Gasteiger partial charge in [-0.1, -0.05) is 0 Å². The van der Waals surface area contributed by atoms with Crippen LogP contribution in [0.1, 0.15) is 34.1 Å². The third-order valence-corrected chi connectivity index (χ3v) is 5.91. The van der Waals surface area contributed by atoms with E-state index < -0.39 is 18.5 Å². The van der Waals surface area contributed by atoms with Crippen molar-refractivity contribution in [1.82, 2.24) is 0 Å². The maximum Gasteiger partial charge on any atom is 0.341 e. The molecule has 1 aliphatic rings. The first-order valence-electron chi connectivity index (χ1n) is 9.93. The fraction of sp³-hybridized carbons (Fsp3) is 0.364. The predicted octanol–water partition coefficient (Wildman–Crippen LogP) is 3.20. The van der Waals surface area contributed by atoms with Crippen LogP contribution in [0.15, 0.2) is 18.2 Å². The molecule has 0 bridgehead atoms. The minimum atomic E-state index is -0.702. The maximum absolute atomic E-state index is 12.9. The number of carbonyl (C=O) groups is 3. The van der Waals surface area contributed by atoms with Gasteiger partial charge in [0.2, 0.25) is 5.91 Å². The number of amides is 2. The van der Waals surface area contributed by atoms with Gasteiger partial charge in [-0.15, -0.1) is 11.3 Å². The maximum atomic E-state index is 12.9. The second-order valence-electron chi connectivity index (χ2n) is 7.03. The molecule has 0 saturated heterocycles. The van der Waals surface area contributed by atoms with Gasteiger partial charge >= 0.3 is 5.97 Å². The van der Waals surface area contributed by atoms with Crippen molar-refractivity contribution < 1.29 is 28.6 Å². The molecule has 0 fully saturated rings. The minimum absolute atomic E-state index is 0.101. The topological polar surface area (TPSA) is 118 Å². The van der Waals surface area contributed by atoms with Crippen LogP contribution in [-0.4, -0.2) is 44.1 Å². The summed E-state index contributed by atoms with van der Waals surface area (Å²) in [5, 5.41) is 12.0. The molecule has 0 saturated carbocycles. The number of nitrogens with zero attached hydrogens (tertiary/aromatic N) is 2. The van der Waals surface area contributed by atoms with Crippen molar-refractivity contribution in [3.63, 3.8) is 0 Å². The van der Waals surface area contributed by atoms with Crippen LogP contribution in [0.4, 0.5) is 10.7 Å². The summed E-state index contributed by atoms with van der Waals surface area (Å²) in [6.07, 6.45) is 0.101. The molecule has 168 valence electrons. The van der Waals surface area contributed by atoms with Crippen molar-refractivity contribution in [2.75, 3.05) is 36.6 Å². The largest absolute Gasteiger partial charge is 0.486 e. The highest BCUT2D eigenvalue weighted by molar-refractivity contribution is 7.16. The highest BCUT2D eigenvalue weighted by atomic mass is 32.1. The number of aryl methyl sites for hydroxylation is 1. The zero-order valence-electron chi connectivity index (χ0n) is 18.0. The molecule has 0 spiro atoms. The van der Waals surface area contributed by atoms with E-state index in [4.69, 9.17) is 19.5 Å². The van der Waals surface area contributed by atoms with Gasteiger partial charge in [0, 0.05) is 30.1 Å². The second kappa shape index (κ2) is 10.2. The average Bonchev–Trinajstić information content (AvgIpc) is 3.04. The monoisotopic (exact) mass is 457 g/mol. The number of esters is 1. The first-order valence-corrected chi connectivity index (χ1v) is 10.7. The number of rotatable bonds is 7. The lowest BCUT2D eigenvalue weighted by molar-refractivity contribution is -0.121. The van der Waals surface area contributed by atoms with Crippen LogP contribution in [0.25, 0.3) is 0 Å². The zero-order valence-corrected chi connectivity index (χ0v) is 18.8. The smallest absolute Gasteiger partial charge is 0.341 e. The summed E-state index contributed by atoms with van der Waals surface area (Å²) in [4.78, 5) is 39.3. The van der Waals surface area contributed by atoms with E-state index >= 15 is 0 Å². The molecule has 9 nitrogen and oxygen atoms in total. The van der Waals surface area contributed by atoms with E-state index in [2.05, 4.69) is 5.32 Å². The fourth-order valence-corrected chi connectivity index (χ4v) is 4.25. The van der Waals surface area contributed by atoms with Crippen LogP contribution in [0.2, 0.25) is 0 Å². The first kappa shape index (κ1) is 23.1. The van der Waals surface area contributed by atoms with Crippen LogP contribution in [0.5, 0.6) is 11.5 Å². The van der Waals surface area contributed by atoms with E-state index in [1.54, 1.807) is 25.1 Å². The van der Waals surface area contributed by atoms with Gasteiger partial charge in [-0.2, -0.15) is 5.26 Å². The minimum Gasteiger partial charge on any atom is -0.486 e. The Balaban J connectivity index is 1.76. The molecule has 0 aliphatic carbocycles. The van der Waals surface area contributed by atoms with E-state index in [0.717, 1.165) is 4.88 Å². The summed E-state index contributed by atoms with van der Waals surface area (Å²) in [7, 11) is 0. The predicted molar refractivity (Wildman–Crippen MR) is 118 cm³/mol. The summed E-state index contributed by atoms with van der Waals surface area (Å²) >= 11 is 1.27. The van der Waals surface area contributed by atoms with E-state index in [0.29, 0.717) is 41.0 Å². The highest BCUT2D eigenvalue weighted by Crippen LogP contribution is 2.35. The van der Waals surface area contributed by atoms with E-state index in [-0.39, 0.29) is 24.4 Å². The Morgan fingerprint density at radius 3 is 2.62 bits per heavy atom. The number of nitriles is 1. The summed E-state index contributed by atoms with van der Waals surface area (Å²) in [5.41, 5.74) is 1.43. The van der Waals surface area contributed by atoms with Crippen molar-refractivity contribution in [2.24, 2.45) is 0 Å². The Bertz CT molecular complexity index is 1090. The van der Waals surface area contributed by atoms with Crippen molar-refractivity contribution in [1.29, 1.82) is 5.26 Å². The summed E-state index contributed by atoms with van der Waals surface area (Å²) in [6, 6.07) is 7.06. The Kier molecular flexibility index (Phi) is 7.33. The van der Waals surface area contributed by atoms with Gasteiger partial charge < -0.3 is 24.4 Å². The lowest BCUT2D eigenvalue weighted by Crippen LogP contribution is -2.35. The molecular formula is C22H23N3O6S. The quantitative estimate of drug-likeness (QED) is 0.634. The number of ether oxygens (including phenoxy) is 3. The SMILES string of the molecule is CC(=O)Nc1sc(C)c(C)c1C(=O)OCC(=O)N(CCC#N)c1ccc2c(c1)OCCO2. The number of nitrogens with one attached hydrogen (secondary N) is 1. The second-order valence-corrected chi connectivity index (χ2v) is 8.25.